The molecule has 156 valence electrons. The molecular weight excluding hydrogens is 382 g/mol. The van der Waals surface area contributed by atoms with Crippen molar-refractivity contribution in [2.24, 2.45) is 0 Å². The van der Waals surface area contributed by atoms with Crippen molar-refractivity contribution in [3.63, 3.8) is 0 Å². The number of hydrogen-bond acceptors (Lipinski definition) is 5. The molecule has 2 aromatic carbocycles. The second kappa shape index (κ2) is 9.35. The van der Waals surface area contributed by atoms with Gasteiger partial charge in [-0.1, -0.05) is 50.2 Å². The standard InChI is InChI=1S/C23H25N3O4/c1-4-14(2)16-9-7-8-12-19(16)24-22(28)15(3)30-21(27)13-20-17-10-5-6-11-18(17)23(29)26-25-20/h5-12,14-15H,4,13H2,1-3H3,(H,24,28)(H,26,29)/t14-,15+/m0/s1. The Labute approximate surface area is 174 Å². The molecule has 0 saturated carbocycles. The molecule has 0 aliphatic heterocycles. The fraction of sp³-hybridized carbons (Fsp3) is 0.304. The molecule has 0 fully saturated rings. The van der Waals surface area contributed by atoms with E-state index in [-0.39, 0.29) is 12.0 Å². The number of para-hydroxylation sites is 1. The van der Waals surface area contributed by atoms with Crippen LogP contribution < -0.4 is 10.9 Å². The minimum atomic E-state index is -0.975. The number of fused-ring (bicyclic) bond motifs is 1. The van der Waals surface area contributed by atoms with Gasteiger partial charge in [0.15, 0.2) is 6.10 Å². The first-order chi connectivity index (χ1) is 14.4. The fourth-order valence-corrected chi connectivity index (χ4v) is 3.23. The van der Waals surface area contributed by atoms with E-state index in [1.54, 1.807) is 24.3 Å². The maximum absolute atomic E-state index is 12.6. The van der Waals surface area contributed by atoms with Crippen LogP contribution in [0.1, 0.15) is 44.4 Å². The fourth-order valence-electron chi connectivity index (χ4n) is 3.23. The zero-order valence-electron chi connectivity index (χ0n) is 17.3. The summed E-state index contributed by atoms with van der Waals surface area (Å²) in [7, 11) is 0. The van der Waals surface area contributed by atoms with E-state index in [0.29, 0.717) is 28.1 Å². The number of anilines is 1. The highest BCUT2D eigenvalue weighted by Crippen LogP contribution is 2.26. The summed E-state index contributed by atoms with van der Waals surface area (Å²) >= 11 is 0. The van der Waals surface area contributed by atoms with Crippen LogP contribution in [0.3, 0.4) is 0 Å². The highest BCUT2D eigenvalue weighted by Gasteiger charge is 2.21. The molecule has 0 saturated heterocycles. The van der Waals surface area contributed by atoms with Crippen molar-refractivity contribution < 1.29 is 14.3 Å². The molecule has 2 N–H and O–H groups in total. The van der Waals surface area contributed by atoms with E-state index in [0.717, 1.165) is 12.0 Å². The van der Waals surface area contributed by atoms with E-state index in [4.69, 9.17) is 4.74 Å². The molecule has 0 bridgehead atoms. The van der Waals surface area contributed by atoms with Gasteiger partial charge in [0.1, 0.15) is 0 Å². The highest BCUT2D eigenvalue weighted by atomic mass is 16.5. The number of aromatic nitrogens is 2. The van der Waals surface area contributed by atoms with E-state index in [9.17, 15) is 14.4 Å². The molecule has 2 atom stereocenters. The minimum absolute atomic E-state index is 0.154. The van der Waals surface area contributed by atoms with Crippen molar-refractivity contribution in [1.29, 1.82) is 0 Å². The van der Waals surface area contributed by atoms with Gasteiger partial charge in [-0.25, -0.2) is 5.10 Å². The van der Waals surface area contributed by atoms with Crippen LogP contribution in [0.15, 0.2) is 53.3 Å². The minimum Gasteiger partial charge on any atom is -0.452 e. The molecule has 1 heterocycles. The number of esters is 1. The Morgan fingerprint density at radius 3 is 2.47 bits per heavy atom. The third-order valence-electron chi connectivity index (χ3n) is 5.13. The number of benzene rings is 2. The van der Waals surface area contributed by atoms with Crippen LogP contribution in [0.25, 0.3) is 10.8 Å². The first-order valence-corrected chi connectivity index (χ1v) is 9.96. The molecule has 3 rings (SSSR count). The summed E-state index contributed by atoms with van der Waals surface area (Å²) in [5.74, 6) is -0.713. The Bertz CT molecular complexity index is 1120. The molecule has 0 aliphatic rings. The number of amides is 1. The number of ether oxygens (including phenoxy) is 1. The first-order valence-electron chi connectivity index (χ1n) is 9.96. The summed E-state index contributed by atoms with van der Waals surface area (Å²) in [6.07, 6.45) is -0.188. The number of carbonyl (C=O) groups excluding carboxylic acids is 2. The van der Waals surface area contributed by atoms with Gasteiger partial charge < -0.3 is 10.1 Å². The van der Waals surface area contributed by atoms with Crippen LogP contribution in [0, 0.1) is 0 Å². The molecule has 30 heavy (non-hydrogen) atoms. The van der Waals surface area contributed by atoms with Crippen LogP contribution in [-0.2, 0) is 20.7 Å². The van der Waals surface area contributed by atoms with Crippen LogP contribution in [0.2, 0.25) is 0 Å². The number of hydrogen-bond donors (Lipinski definition) is 2. The number of rotatable bonds is 7. The molecule has 0 unspecified atom stereocenters. The monoisotopic (exact) mass is 407 g/mol. The topological polar surface area (TPSA) is 101 Å². The number of aromatic amines is 1. The van der Waals surface area contributed by atoms with Gasteiger partial charge >= 0.3 is 5.97 Å². The molecular formula is C23H25N3O4. The molecule has 0 radical (unpaired) electrons. The Hall–Kier alpha value is -3.48. The van der Waals surface area contributed by atoms with Gasteiger partial charge in [0.2, 0.25) is 0 Å². The zero-order valence-corrected chi connectivity index (χ0v) is 17.3. The van der Waals surface area contributed by atoms with Crippen LogP contribution in [0.4, 0.5) is 5.69 Å². The lowest BCUT2D eigenvalue weighted by Gasteiger charge is -2.18. The third-order valence-corrected chi connectivity index (χ3v) is 5.13. The highest BCUT2D eigenvalue weighted by molar-refractivity contribution is 5.96. The van der Waals surface area contributed by atoms with Gasteiger partial charge in [0.05, 0.1) is 17.5 Å². The third kappa shape index (κ3) is 4.74. The summed E-state index contributed by atoms with van der Waals surface area (Å²) in [4.78, 5) is 36.8. The van der Waals surface area contributed by atoms with E-state index in [1.165, 1.54) is 6.92 Å². The van der Waals surface area contributed by atoms with Gasteiger partial charge in [0, 0.05) is 11.1 Å². The molecule has 3 aromatic rings. The van der Waals surface area contributed by atoms with E-state index in [2.05, 4.69) is 29.4 Å². The smallest absolute Gasteiger partial charge is 0.312 e. The normalized spacial score (nSPS) is 12.9. The van der Waals surface area contributed by atoms with E-state index >= 15 is 0 Å². The maximum Gasteiger partial charge on any atom is 0.312 e. The molecule has 0 spiro atoms. The second-order valence-corrected chi connectivity index (χ2v) is 7.24. The molecule has 1 amide bonds. The van der Waals surface area contributed by atoms with Crippen molar-refractivity contribution in [2.75, 3.05) is 5.32 Å². The van der Waals surface area contributed by atoms with Crippen molar-refractivity contribution in [2.45, 2.75) is 45.6 Å². The lowest BCUT2D eigenvalue weighted by Crippen LogP contribution is -2.31. The molecule has 1 aromatic heterocycles. The summed E-state index contributed by atoms with van der Waals surface area (Å²) in [6, 6.07) is 14.5. The Balaban J connectivity index is 1.68. The molecule has 7 heteroatoms. The van der Waals surface area contributed by atoms with Crippen molar-refractivity contribution >= 4 is 28.3 Å². The van der Waals surface area contributed by atoms with Crippen LogP contribution >= 0.6 is 0 Å². The van der Waals surface area contributed by atoms with Crippen molar-refractivity contribution in [3.8, 4) is 0 Å². The van der Waals surface area contributed by atoms with Gasteiger partial charge in [-0.2, -0.15) is 5.10 Å². The van der Waals surface area contributed by atoms with Crippen LogP contribution in [0.5, 0.6) is 0 Å². The Morgan fingerprint density at radius 2 is 1.73 bits per heavy atom. The average molecular weight is 407 g/mol. The second-order valence-electron chi connectivity index (χ2n) is 7.24. The SMILES string of the molecule is CC[C@H](C)c1ccccc1NC(=O)[C@@H](C)OC(=O)Cc1n[nH]c(=O)c2ccccc12. The Morgan fingerprint density at radius 1 is 1.07 bits per heavy atom. The number of nitrogens with one attached hydrogen (secondary N) is 2. The Kier molecular flexibility index (Phi) is 6.61. The predicted molar refractivity (Wildman–Crippen MR) is 115 cm³/mol. The summed E-state index contributed by atoms with van der Waals surface area (Å²) < 4.78 is 5.31. The van der Waals surface area contributed by atoms with E-state index < -0.39 is 18.0 Å². The lowest BCUT2D eigenvalue weighted by molar-refractivity contribution is -0.152. The van der Waals surface area contributed by atoms with E-state index in [1.807, 2.05) is 24.3 Å². The lowest BCUT2D eigenvalue weighted by atomic mass is 9.97. The quantitative estimate of drug-likeness (QED) is 0.583. The van der Waals surface area contributed by atoms with Crippen molar-refractivity contribution in [1.82, 2.24) is 10.2 Å². The number of H-pyrrole nitrogens is 1. The first kappa shape index (κ1) is 21.2. The molecule has 0 aliphatic carbocycles. The molecule has 7 nitrogen and oxygen atoms in total. The van der Waals surface area contributed by atoms with Gasteiger partial charge in [0.25, 0.3) is 11.5 Å². The zero-order chi connectivity index (χ0) is 21.7. The van der Waals surface area contributed by atoms with Crippen LogP contribution in [-0.4, -0.2) is 28.2 Å². The van der Waals surface area contributed by atoms with Crippen molar-refractivity contribution in [3.05, 3.63) is 70.1 Å². The number of nitrogens with zero attached hydrogens (tertiary/aromatic N) is 1. The largest absolute Gasteiger partial charge is 0.452 e. The number of carbonyl (C=O) groups is 2. The predicted octanol–water partition coefficient (Wildman–Crippen LogP) is 3.55. The maximum atomic E-state index is 12.6. The van der Waals surface area contributed by atoms with Gasteiger partial charge in [-0.05, 0) is 37.0 Å². The summed E-state index contributed by atoms with van der Waals surface area (Å²) in [5.41, 5.74) is 1.82. The summed E-state index contributed by atoms with van der Waals surface area (Å²) in [6.45, 7) is 5.70. The van der Waals surface area contributed by atoms with Gasteiger partial charge in [-0.3, -0.25) is 14.4 Å². The van der Waals surface area contributed by atoms with Gasteiger partial charge in [-0.15, -0.1) is 0 Å². The summed E-state index contributed by atoms with van der Waals surface area (Å²) in [5, 5.41) is 10.2. The average Bonchev–Trinajstić information content (AvgIpc) is 2.75.